The van der Waals surface area contributed by atoms with Gasteiger partial charge in [0.2, 0.25) is 5.95 Å². The van der Waals surface area contributed by atoms with Gasteiger partial charge in [-0.25, -0.2) is 9.97 Å². The van der Waals surface area contributed by atoms with E-state index in [4.69, 9.17) is 4.74 Å². The Labute approximate surface area is 115 Å². The topological polar surface area (TPSA) is 47.0 Å². The summed E-state index contributed by atoms with van der Waals surface area (Å²) in [5.74, 6) is 0.174. The minimum absolute atomic E-state index is 0.000645. The van der Waals surface area contributed by atoms with E-state index in [1.54, 1.807) is 7.11 Å². The van der Waals surface area contributed by atoms with Gasteiger partial charge in [-0.1, -0.05) is 20.8 Å². The van der Waals surface area contributed by atoms with E-state index < -0.39 is 11.9 Å². The molecule has 1 aliphatic carbocycles. The Bertz CT molecular complexity index is 490. The fraction of sp³-hybridized carbons (Fsp3) is 0.692. The van der Waals surface area contributed by atoms with Crippen molar-refractivity contribution < 1.29 is 17.9 Å². The van der Waals surface area contributed by atoms with E-state index in [0.29, 0.717) is 0 Å². The molecule has 112 valence electrons. The van der Waals surface area contributed by atoms with Crippen LogP contribution in [0.5, 0.6) is 0 Å². The molecule has 20 heavy (non-hydrogen) atoms. The maximum atomic E-state index is 12.6. The smallest absolute Gasteiger partial charge is 0.380 e. The normalized spacial score (nSPS) is 28.9. The van der Waals surface area contributed by atoms with Gasteiger partial charge in [0, 0.05) is 30.7 Å². The molecule has 0 saturated heterocycles. The molecule has 1 aliphatic rings. The molecule has 3 atom stereocenters. The van der Waals surface area contributed by atoms with Crippen LogP contribution in [0.1, 0.15) is 26.5 Å². The van der Waals surface area contributed by atoms with E-state index in [1.807, 2.05) is 20.8 Å². The van der Waals surface area contributed by atoms with Crippen molar-refractivity contribution in [2.45, 2.75) is 39.1 Å². The molecule has 0 spiro atoms. The van der Waals surface area contributed by atoms with Gasteiger partial charge >= 0.3 is 6.18 Å². The molecule has 0 aromatic carbocycles. The number of ether oxygens (including phenoxy) is 1. The Morgan fingerprint density at radius 2 is 2.00 bits per heavy atom. The van der Waals surface area contributed by atoms with E-state index in [2.05, 4.69) is 15.3 Å². The van der Waals surface area contributed by atoms with E-state index in [-0.39, 0.29) is 29.4 Å². The van der Waals surface area contributed by atoms with Crippen LogP contribution in [0.2, 0.25) is 0 Å². The minimum Gasteiger partial charge on any atom is -0.380 e. The zero-order valence-corrected chi connectivity index (χ0v) is 11.8. The Kier molecular flexibility index (Phi) is 3.66. The number of methoxy groups -OCH3 is 1. The van der Waals surface area contributed by atoms with Crippen LogP contribution in [0.3, 0.4) is 0 Å². The molecular formula is C13H18F3N3O. The van der Waals surface area contributed by atoms with Crippen molar-refractivity contribution in [3.8, 4) is 0 Å². The van der Waals surface area contributed by atoms with Crippen LogP contribution >= 0.6 is 0 Å². The average Bonchev–Trinajstić information content (AvgIpc) is 2.35. The van der Waals surface area contributed by atoms with Gasteiger partial charge in [0.15, 0.2) is 0 Å². The Hall–Kier alpha value is -1.37. The number of anilines is 1. The first-order valence-electron chi connectivity index (χ1n) is 6.37. The molecule has 1 aromatic rings. The summed E-state index contributed by atoms with van der Waals surface area (Å²) in [5, 5.41) is 2.99. The van der Waals surface area contributed by atoms with Crippen LogP contribution in [0.15, 0.2) is 12.3 Å². The van der Waals surface area contributed by atoms with Gasteiger partial charge in [-0.2, -0.15) is 13.2 Å². The first-order valence-corrected chi connectivity index (χ1v) is 6.37. The molecule has 1 saturated carbocycles. The quantitative estimate of drug-likeness (QED) is 0.929. The highest BCUT2D eigenvalue weighted by Gasteiger charge is 2.55. The van der Waals surface area contributed by atoms with E-state index in [0.717, 1.165) is 12.3 Å². The van der Waals surface area contributed by atoms with Crippen LogP contribution in [-0.4, -0.2) is 29.2 Å². The molecule has 0 bridgehead atoms. The summed E-state index contributed by atoms with van der Waals surface area (Å²) in [5.41, 5.74) is -1.13. The van der Waals surface area contributed by atoms with Crippen molar-refractivity contribution in [3.63, 3.8) is 0 Å². The first-order chi connectivity index (χ1) is 9.17. The Balaban J connectivity index is 2.16. The lowest BCUT2D eigenvalue weighted by Crippen LogP contribution is -2.64. The number of rotatable bonds is 3. The van der Waals surface area contributed by atoms with Gasteiger partial charge in [-0.3, -0.25) is 0 Å². The van der Waals surface area contributed by atoms with Gasteiger partial charge in [0.05, 0.1) is 6.10 Å². The minimum atomic E-state index is -4.46. The van der Waals surface area contributed by atoms with Crippen molar-refractivity contribution in [1.29, 1.82) is 0 Å². The van der Waals surface area contributed by atoms with Crippen molar-refractivity contribution in [2.24, 2.45) is 11.3 Å². The van der Waals surface area contributed by atoms with Crippen molar-refractivity contribution in [2.75, 3.05) is 12.4 Å². The highest BCUT2D eigenvalue weighted by molar-refractivity contribution is 5.32. The molecule has 0 radical (unpaired) electrons. The highest BCUT2D eigenvalue weighted by Crippen LogP contribution is 2.48. The van der Waals surface area contributed by atoms with E-state index in [1.165, 1.54) is 0 Å². The fourth-order valence-electron chi connectivity index (χ4n) is 3.15. The number of nitrogens with zero attached hydrogens (tertiary/aromatic N) is 2. The fourth-order valence-corrected chi connectivity index (χ4v) is 3.15. The third-order valence-corrected chi connectivity index (χ3v) is 4.02. The van der Waals surface area contributed by atoms with Crippen LogP contribution in [0.4, 0.5) is 19.1 Å². The lowest BCUT2D eigenvalue weighted by molar-refractivity contribution is -0.141. The zero-order valence-electron chi connectivity index (χ0n) is 11.8. The molecular weight excluding hydrogens is 271 g/mol. The summed E-state index contributed by atoms with van der Waals surface area (Å²) < 4.78 is 43.2. The molecule has 1 aromatic heterocycles. The maximum Gasteiger partial charge on any atom is 0.433 e. The Morgan fingerprint density at radius 1 is 1.35 bits per heavy atom. The van der Waals surface area contributed by atoms with Gasteiger partial charge in [0.1, 0.15) is 5.69 Å². The third-order valence-electron chi connectivity index (χ3n) is 4.02. The van der Waals surface area contributed by atoms with Crippen LogP contribution in [-0.2, 0) is 10.9 Å². The number of hydrogen-bond acceptors (Lipinski definition) is 4. The maximum absolute atomic E-state index is 12.6. The number of alkyl halides is 3. The van der Waals surface area contributed by atoms with Crippen LogP contribution < -0.4 is 5.32 Å². The second-order valence-electron chi connectivity index (χ2n) is 5.72. The summed E-state index contributed by atoms with van der Waals surface area (Å²) >= 11 is 0. The van der Waals surface area contributed by atoms with Gasteiger partial charge < -0.3 is 10.1 Å². The summed E-state index contributed by atoms with van der Waals surface area (Å²) in [6, 6.07) is 0.828. The van der Waals surface area contributed by atoms with Crippen molar-refractivity contribution >= 4 is 5.95 Å². The number of halogens is 3. The molecule has 4 nitrogen and oxygen atoms in total. The monoisotopic (exact) mass is 289 g/mol. The van der Waals surface area contributed by atoms with Gasteiger partial charge in [-0.15, -0.1) is 0 Å². The summed E-state index contributed by atoms with van der Waals surface area (Å²) in [6.07, 6.45) is -3.29. The zero-order chi connectivity index (χ0) is 15.1. The second kappa shape index (κ2) is 4.87. The molecule has 0 unspecified atom stereocenters. The highest BCUT2D eigenvalue weighted by atomic mass is 19.4. The number of hydrogen-bond donors (Lipinski definition) is 1. The SMILES string of the molecule is CO[C@@H]1[C@@H](C)[C@H](Nc2nccc(C(F)(F)F)n2)C1(C)C. The summed E-state index contributed by atoms with van der Waals surface area (Å²) in [7, 11) is 1.64. The lowest BCUT2D eigenvalue weighted by Gasteiger charge is -2.56. The van der Waals surface area contributed by atoms with Crippen molar-refractivity contribution in [1.82, 2.24) is 9.97 Å². The van der Waals surface area contributed by atoms with E-state index >= 15 is 0 Å². The molecule has 0 aliphatic heterocycles. The molecule has 0 amide bonds. The molecule has 2 rings (SSSR count). The predicted molar refractivity (Wildman–Crippen MR) is 68.2 cm³/mol. The number of aromatic nitrogens is 2. The summed E-state index contributed by atoms with van der Waals surface area (Å²) in [6.45, 7) is 6.00. The van der Waals surface area contributed by atoms with Crippen LogP contribution in [0, 0.1) is 11.3 Å². The molecule has 7 heteroatoms. The van der Waals surface area contributed by atoms with Gasteiger partial charge in [-0.05, 0) is 6.07 Å². The lowest BCUT2D eigenvalue weighted by atomic mass is 9.58. The molecule has 1 N–H and O–H groups in total. The van der Waals surface area contributed by atoms with E-state index in [9.17, 15) is 13.2 Å². The summed E-state index contributed by atoms with van der Waals surface area (Å²) in [4.78, 5) is 7.39. The first kappa shape index (κ1) is 15.0. The predicted octanol–water partition coefficient (Wildman–Crippen LogP) is 2.97. The van der Waals surface area contributed by atoms with Gasteiger partial charge in [0.25, 0.3) is 0 Å². The standard InChI is InChI=1S/C13H18F3N3O/c1-7-9(12(2,3)10(7)20-4)19-11-17-6-5-8(18-11)13(14,15)16/h5-7,9-10H,1-4H3,(H,17,18,19)/t7-,9-,10+/m0/s1. The Morgan fingerprint density at radius 3 is 2.50 bits per heavy atom. The second-order valence-corrected chi connectivity index (χ2v) is 5.72. The molecule has 1 heterocycles. The van der Waals surface area contributed by atoms with Crippen LogP contribution in [0.25, 0.3) is 0 Å². The largest absolute Gasteiger partial charge is 0.433 e. The third kappa shape index (κ3) is 2.46. The average molecular weight is 289 g/mol. The van der Waals surface area contributed by atoms with Crippen molar-refractivity contribution in [3.05, 3.63) is 18.0 Å². The molecule has 1 fully saturated rings. The number of nitrogens with one attached hydrogen (secondary N) is 1.